The smallest absolute Gasteiger partial charge is 0.340 e. The first kappa shape index (κ1) is 20.2. The van der Waals surface area contributed by atoms with E-state index in [-0.39, 0.29) is 5.56 Å². The summed E-state index contributed by atoms with van der Waals surface area (Å²) in [6.07, 6.45) is -1.17. The van der Waals surface area contributed by atoms with E-state index in [2.05, 4.69) is 4.74 Å². The quantitative estimate of drug-likeness (QED) is 0.570. The van der Waals surface area contributed by atoms with Gasteiger partial charge in [-0.3, -0.25) is 4.79 Å². The van der Waals surface area contributed by atoms with Gasteiger partial charge in [0.05, 0.1) is 19.1 Å². The van der Waals surface area contributed by atoms with E-state index in [0.717, 1.165) is 30.4 Å². The molecule has 148 valence electrons. The fourth-order valence-corrected chi connectivity index (χ4v) is 2.90. The minimum Gasteiger partial charge on any atom is -0.465 e. The molecule has 0 spiro atoms. The first-order chi connectivity index (χ1) is 14.0. The van der Waals surface area contributed by atoms with Crippen molar-refractivity contribution in [3.05, 3.63) is 107 Å². The number of halogens is 2. The summed E-state index contributed by atoms with van der Waals surface area (Å²) in [7, 11) is 1.07. The van der Waals surface area contributed by atoms with Gasteiger partial charge in [0.1, 0.15) is 11.6 Å². The summed E-state index contributed by atoms with van der Waals surface area (Å²) < 4.78 is 38.4. The van der Waals surface area contributed by atoms with E-state index >= 15 is 0 Å². The van der Waals surface area contributed by atoms with Crippen LogP contribution in [0.1, 0.15) is 33.2 Å². The molecule has 6 heteroatoms. The Balaban J connectivity index is 1.83. The maximum absolute atomic E-state index is 14.3. The van der Waals surface area contributed by atoms with Crippen LogP contribution < -0.4 is 0 Å². The van der Waals surface area contributed by atoms with Crippen molar-refractivity contribution < 1.29 is 27.8 Å². The van der Waals surface area contributed by atoms with Crippen molar-refractivity contribution in [1.82, 2.24) is 0 Å². The van der Waals surface area contributed by atoms with Crippen molar-refractivity contribution in [3.63, 3.8) is 0 Å². The molecule has 0 aliphatic rings. The van der Waals surface area contributed by atoms with Gasteiger partial charge < -0.3 is 9.47 Å². The number of ether oxygens (including phenoxy) is 2. The summed E-state index contributed by atoms with van der Waals surface area (Å²) in [5.74, 6) is -3.58. The molecule has 0 fully saturated rings. The Morgan fingerprint density at radius 2 is 1.41 bits per heavy atom. The van der Waals surface area contributed by atoms with Crippen LogP contribution >= 0.6 is 0 Å². The van der Waals surface area contributed by atoms with E-state index in [1.807, 2.05) is 60.7 Å². The van der Waals surface area contributed by atoms with Crippen LogP contribution in [0.2, 0.25) is 0 Å². The minimum absolute atomic E-state index is 0.208. The van der Waals surface area contributed by atoms with Crippen molar-refractivity contribution in [1.29, 1.82) is 0 Å². The lowest BCUT2D eigenvalue weighted by Crippen LogP contribution is -2.16. The van der Waals surface area contributed by atoms with Crippen LogP contribution in [0, 0.1) is 11.6 Å². The monoisotopic (exact) mass is 396 g/mol. The zero-order valence-corrected chi connectivity index (χ0v) is 15.6. The molecule has 0 aliphatic heterocycles. The van der Waals surface area contributed by atoms with Crippen LogP contribution in [0.25, 0.3) is 0 Å². The van der Waals surface area contributed by atoms with Gasteiger partial charge in [-0.15, -0.1) is 0 Å². The first-order valence-electron chi connectivity index (χ1n) is 8.85. The minimum atomic E-state index is -0.997. The normalized spacial score (nSPS) is 10.6. The molecule has 0 N–H and O–H groups in total. The van der Waals surface area contributed by atoms with E-state index in [9.17, 15) is 18.4 Å². The maximum atomic E-state index is 14.3. The number of rotatable bonds is 6. The highest BCUT2D eigenvalue weighted by atomic mass is 19.1. The zero-order valence-electron chi connectivity index (χ0n) is 15.6. The molecule has 4 nitrogen and oxygen atoms in total. The van der Waals surface area contributed by atoms with E-state index < -0.39 is 41.7 Å². The van der Waals surface area contributed by atoms with Crippen LogP contribution in [0.15, 0.2) is 72.8 Å². The second-order valence-corrected chi connectivity index (χ2v) is 6.28. The van der Waals surface area contributed by atoms with E-state index in [0.29, 0.717) is 0 Å². The van der Waals surface area contributed by atoms with Gasteiger partial charge in [-0.05, 0) is 23.3 Å². The Hall–Kier alpha value is -3.54. The van der Waals surface area contributed by atoms with Gasteiger partial charge in [0, 0.05) is 5.56 Å². The molecule has 0 atom stereocenters. The summed E-state index contributed by atoms with van der Waals surface area (Å²) in [4.78, 5) is 24.0. The second kappa shape index (κ2) is 9.10. The van der Waals surface area contributed by atoms with Crippen molar-refractivity contribution >= 4 is 11.9 Å². The zero-order chi connectivity index (χ0) is 20.8. The molecular formula is C23H18F2O4. The molecule has 0 bridgehead atoms. The van der Waals surface area contributed by atoms with Gasteiger partial charge in [-0.2, -0.15) is 0 Å². The highest BCUT2D eigenvalue weighted by Gasteiger charge is 2.22. The molecule has 0 saturated carbocycles. The van der Waals surface area contributed by atoms with Gasteiger partial charge in [-0.25, -0.2) is 13.6 Å². The van der Waals surface area contributed by atoms with Crippen molar-refractivity contribution in [2.75, 3.05) is 7.11 Å². The van der Waals surface area contributed by atoms with Gasteiger partial charge in [0.15, 0.2) is 6.10 Å². The summed E-state index contributed by atoms with van der Waals surface area (Å²) in [5.41, 5.74) is 0.757. The van der Waals surface area contributed by atoms with Crippen LogP contribution in [0.5, 0.6) is 0 Å². The van der Waals surface area contributed by atoms with Crippen molar-refractivity contribution in [2.45, 2.75) is 12.5 Å². The fraction of sp³-hybridized carbons (Fsp3) is 0.130. The Morgan fingerprint density at radius 1 is 0.862 bits per heavy atom. The number of carbonyl (C=O) groups is 2. The van der Waals surface area contributed by atoms with E-state index in [4.69, 9.17) is 4.74 Å². The highest BCUT2D eigenvalue weighted by Crippen LogP contribution is 2.27. The molecule has 0 saturated heterocycles. The molecule has 3 aromatic carbocycles. The Kier molecular flexibility index (Phi) is 6.34. The number of esters is 2. The third kappa shape index (κ3) is 4.85. The number of benzene rings is 3. The lowest BCUT2D eigenvalue weighted by Gasteiger charge is -2.19. The topological polar surface area (TPSA) is 52.6 Å². The fourth-order valence-electron chi connectivity index (χ4n) is 2.90. The van der Waals surface area contributed by atoms with E-state index in [1.165, 1.54) is 0 Å². The van der Waals surface area contributed by atoms with Gasteiger partial charge in [0.25, 0.3) is 0 Å². The average molecular weight is 396 g/mol. The summed E-state index contributed by atoms with van der Waals surface area (Å²) in [6.45, 7) is 0. The molecule has 0 heterocycles. The van der Waals surface area contributed by atoms with Gasteiger partial charge >= 0.3 is 11.9 Å². The first-order valence-corrected chi connectivity index (χ1v) is 8.85. The van der Waals surface area contributed by atoms with Crippen molar-refractivity contribution in [2.24, 2.45) is 0 Å². The SMILES string of the molecule is COC(=O)c1cc(F)c(CC(=O)OC(c2ccccc2)c2ccccc2)cc1F. The van der Waals surface area contributed by atoms with Gasteiger partial charge in [0.2, 0.25) is 0 Å². The average Bonchev–Trinajstić information content (AvgIpc) is 2.75. The third-order valence-electron chi connectivity index (χ3n) is 4.33. The number of hydrogen-bond donors (Lipinski definition) is 0. The Morgan fingerprint density at radius 3 is 1.93 bits per heavy atom. The highest BCUT2D eigenvalue weighted by molar-refractivity contribution is 5.89. The molecular weight excluding hydrogens is 378 g/mol. The molecule has 0 amide bonds. The molecule has 3 rings (SSSR count). The summed E-state index contributed by atoms with van der Waals surface area (Å²) in [5, 5.41) is 0. The van der Waals surface area contributed by atoms with Crippen LogP contribution in [0.3, 0.4) is 0 Å². The lowest BCUT2D eigenvalue weighted by molar-refractivity contribution is -0.146. The predicted molar refractivity (Wildman–Crippen MR) is 102 cm³/mol. The summed E-state index contributed by atoms with van der Waals surface area (Å²) in [6, 6.07) is 19.7. The molecule has 29 heavy (non-hydrogen) atoms. The number of carbonyl (C=O) groups excluding carboxylic acids is 2. The number of methoxy groups -OCH3 is 1. The largest absolute Gasteiger partial charge is 0.465 e. The van der Waals surface area contributed by atoms with E-state index in [1.54, 1.807) is 0 Å². The molecule has 0 radical (unpaired) electrons. The van der Waals surface area contributed by atoms with Gasteiger partial charge in [-0.1, -0.05) is 60.7 Å². The van der Waals surface area contributed by atoms with Crippen LogP contribution in [-0.4, -0.2) is 19.0 Å². The van der Waals surface area contributed by atoms with Crippen LogP contribution in [-0.2, 0) is 20.7 Å². The molecule has 0 aromatic heterocycles. The predicted octanol–water partition coefficient (Wildman–Crippen LogP) is 4.63. The van der Waals surface area contributed by atoms with Crippen molar-refractivity contribution in [3.8, 4) is 0 Å². The maximum Gasteiger partial charge on any atom is 0.340 e. The Bertz CT molecular complexity index is 965. The summed E-state index contributed by atoms with van der Waals surface area (Å²) >= 11 is 0. The second-order valence-electron chi connectivity index (χ2n) is 6.28. The molecule has 0 aliphatic carbocycles. The molecule has 0 unspecified atom stereocenters. The van der Waals surface area contributed by atoms with Crippen LogP contribution in [0.4, 0.5) is 8.78 Å². The third-order valence-corrected chi connectivity index (χ3v) is 4.33. The lowest BCUT2D eigenvalue weighted by atomic mass is 10.0. The number of hydrogen-bond acceptors (Lipinski definition) is 4. The Labute approximate surface area is 166 Å². The standard InChI is InChI=1S/C23H18F2O4/c1-28-23(27)18-14-19(24)17(12-20(18)25)13-21(26)29-22(15-8-4-2-5-9-15)16-10-6-3-7-11-16/h2-12,14,22H,13H2,1H3. The molecule has 3 aromatic rings.